The zero-order valence-electron chi connectivity index (χ0n) is 9.79. The van der Waals surface area contributed by atoms with Crippen LogP contribution in [-0.2, 0) is 9.59 Å². The second-order valence-electron chi connectivity index (χ2n) is 4.23. The fraction of sp³-hybridized carbons (Fsp3) is 0.833. The molecule has 1 rings (SSSR count). The van der Waals surface area contributed by atoms with Crippen LogP contribution >= 0.6 is 0 Å². The molecule has 1 heterocycles. The predicted molar refractivity (Wildman–Crippen MR) is 59.3 cm³/mol. The van der Waals surface area contributed by atoms with Gasteiger partial charge in [-0.05, 0) is 13.3 Å². The van der Waals surface area contributed by atoms with E-state index in [0.29, 0.717) is 13.0 Å². The van der Waals surface area contributed by atoms with Gasteiger partial charge < -0.3 is 0 Å². The number of nitrogens with zero attached hydrogens (tertiary/aromatic N) is 1. The first-order chi connectivity index (χ1) is 7.20. The lowest BCUT2D eigenvalue weighted by atomic mass is 9.99. The lowest BCUT2D eigenvalue weighted by molar-refractivity contribution is -0.139. The third-order valence-corrected chi connectivity index (χ3v) is 3.06. The number of unbranched alkanes of at least 4 members (excludes halogenated alkanes) is 3. The summed E-state index contributed by atoms with van der Waals surface area (Å²) in [5.41, 5.74) is 0. The van der Waals surface area contributed by atoms with Crippen LogP contribution < -0.4 is 0 Å². The molecule has 0 spiro atoms. The van der Waals surface area contributed by atoms with Gasteiger partial charge in [0.2, 0.25) is 11.8 Å². The minimum absolute atomic E-state index is 0.0167. The molecule has 0 aromatic heterocycles. The monoisotopic (exact) mass is 211 g/mol. The van der Waals surface area contributed by atoms with Gasteiger partial charge in [0, 0.05) is 18.9 Å². The Balaban J connectivity index is 2.32. The number of imide groups is 1. The van der Waals surface area contributed by atoms with Crippen molar-refractivity contribution in [3.05, 3.63) is 0 Å². The van der Waals surface area contributed by atoms with Crippen molar-refractivity contribution in [2.45, 2.75) is 52.4 Å². The molecule has 2 amide bonds. The van der Waals surface area contributed by atoms with Gasteiger partial charge in [0.1, 0.15) is 0 Å². The Morgan fingerprint density at radius 3 is 2.47 bits per heavy atom. The first kappa shape index (κ1) is 12.2. The molecule has 1 saturated heterocycles. The Hall–Kier alpha value is -0.860. The van der Waals surface area contributed by atoms with Crippen molar-refractivity contribution >= 4 is 11.8 Å². The maximum atomic E-state index is 11.7. The summed E-state index contributed by atoms with van der Waals surface area (Å²) < 4.78 is 0. The Morgan fingerprint density at radius 2 is 1.93 bits per heavy atom. The lowest BCUT2D eigenvalue weighted by Crippen LogP contribution is -2.30. The summed E-state index contributed by atoms with van der Waals surface area (Å²) in [6.45, 7) is 4.56. The highest BCUT2D eigenvalue weighted by Gasteiger charge is 2.36. The van der Waals surface area contributed by atoms with E-state index in [1.54, 1.807) is 0 Å². The minimum Gasteiger partial charge on any atom is -0.283 e. The van der Waals surface area contributed by atoms with Crippen LogP contribution in [0.1, 0.15) is 52.4 Å². The molecule has 0 aliphatic carbocycles. The van der Waals surface area contributed by atoms with Gasteiger partial charge in [-0.1, -0.05) is 32.6 Å². The number of hydrogen-bond donors (Lipinski definition) is 0. The third kappa shape index (κ3) is 3.05. The molecule has 3 heteroatoms. The largest absolute Gasteiger partial charge is 0.283 e. The van der Waals surface area contributed by atoms with Gasteiger partial charge in [-0.2, -0.15) is 0 Å². The van der Waals surface area contributed by atoms with Crippen molar-refractivity contribution in [1.29, 1.82) is 0 Å². The summed E-state index contributed by atoms with van der Waals surface area (Å²) >= 11 is 0. The van der Waals surface area contributed by atoms with E-state index in [4.69, 9.17) is 0 Å². The SMILES string of the molecule is CCCCCCC1CC(=O)N(CC)C1=O. The van der Waals surface area contributed by atoms with Crippen molar-refractivity contribution in [1.82, 2.24) is 4.90 Å². The molecular weight excluding hydrogens is 190 g/mol. The van der Waals surface area contributed by atoms with Gasteiger partial charge >= 0.3 is 0 Å². The van der Waals surface area contributed by atoms with Crippen LogP contribution in [0.4, 0.5) is 0 Å². The van der Waals surface area contributed by atoms with Crippen molar-refractivity contribution in [3.8, 4) is 0 Å². The van der Waals surface area contributed by atoms with Crippen LogP contribution in [0, 0.1) is 5.92 Å². The van der Waals surface area contributed by atoms with E-state index in [1.807, 2.05) is 6.92 Å². The predicted octanol–water partition coefficient (Wildman–Crippen LogP) is 2.35. The summed E-state index contributed by atoms with van der Waals surface area (Å²) in [6.07, 6.45) is 6.03. The van der Waals surface area contributed by atoms with Crippen LogP contribution in [0.25, 0.3) is 0 Å². The maximum absolute atomic E-state index is 11.7. The zero-order valence-corrected chi connectivity index (χ0v) is 9.79. The average Bonchev–Trinajstić information content (AvgIpc) is 2.49. The van der Waals surface area contributed by atoms with Gasteiger partial charge in [-0.15, -0.1) is 0 Å². The smallest absolute Gasteiger partial charge is 0.232 e. The van der Waals surface area contributed by atoms with E-state index in [1.165, 1.54) is 24.2 Å². The first-order valence-electron chi connectivity index (χ1n) is 6.04. The molecule has 15 heavy (non-hydrogen) atoms. The van der Waals surface area contributed by atoms with Crippen LogP contribution in [0.2, 0.25) is 0 Å². The normalized spacial score (nSPS) is 21.5. The van der Waals surface area contributed by atoms with Crippen LogP contribution in [0.5, 0.6) is 0 Å². The first-order valence-corrected chi connectivity index (χ1v) is 6.04. The number of carbonyl (C=O) groups excluding carboxylic acids is 2. The average molecular weight is 211 g/mol. The fourth-order valence-corrected chi connectivity index (χ4v) is 2.13. The third-order valence-electron chi connectivity index (χ3n) is 3.06. The van der Waals surface area contributed by atoms with Gasteiger partial charge in [0.15, 0.2) is 0 Å². The quantitative estimate of drug-likeness (QED) is 0.499. The highest BCUT2D eigenvalue weighted by atomic mass is 16.2. The second kappa shape index (κ2) is 5.89. The Bertz CT molecular complexity index is 238. The highest BCUT2D eigenvalue weighted by Crippen LogP contribution is 2.24. The van der Waals surface area contributed by atoms with E-state index in [0.717, 1.165) is 12.8 Å². The molecule has 0 aromatic carbocycles. The van der Waals surface area contributed by atoms with Crippen LogP contribution in [0.15, 0.2) is 0 Å². The standard InChI is InChI=1S/C12H21NO2/c1-3-5-6-7-8-10-9-11(14)13(4-2)12(10)15/h10H,3-9H2,1-2H3. The minimum atomic E-state index is -0.0192. The van der Waals surface area contributed by atoms with Crippen molar-refractivity contribution in [3.63, 3.8) is 0 Å². The van der Waals surface area contributed by atoms with E-state index < -0.39 is 0 Å². The van der Waals surface area contributed by atoms with Gasteiger partial charge in [-0.25, -0.2) is 0 Å². The summed E-state index contributed by atoms with van der Waals surface area (Å²) in [4.78, 5) is 24.5. The number of hydrogen-bond acceptors (Lipinski definition) is 2. The molecule has 0 N–H and O–H groups in total. The summed E-state index contributed by atoms with van der Waals surface area (Å²) in [7, 11) is 0. The van der Waals surface area contributed by atoms with E-state index in [2.05, 4.69) is 6.92 Å². The molecule has 0 bridgehead atoms. The van der Waals surface area contributed by atoms with Crippen molar-refractivity contribution < 1.29 is 9.59 Å². The van der Waals surface area contributed by atoms with E-state index in [-0.39, 0.29) is 17.7 Å². The molecule has 1 aliphatic rings. The van der Waals surface area contributed by atoms with Crippen LogP contribution in [0.3, 0.4) is 0 Å². The second-order valence-corrected chi connectivity index (χ2v) is 4.23. The highest BCUT2D eigenvalue weighted by molar-refractivity contribution is 6.03. The molecule has 0 saturated carbocycles. The molecule has 0 radical (unpaired) electrons. The van der Waals surface area contributed by atoms with Gasteiger partial charge in [0.25, 0.3) is 0 Å². The Morgan fingerprint density at radius 1 is 1.20 bits per heavy atom. The molecule has 0 aromatic rings. The topological polar surface area (TPSA) is 37.4 Å². The fourth-order valence-electron chi connectivity index (χ4n) is 2.13. The number of amides is 2. The summed E-state index contributed by atoms with van der Waals surface area (Å²) in [5.74, 6) is 0.0521. The Kier molecular flexibility index (Phi) is 4.79. The number of carbonyl (C=O) groups is 2. The molecule has 1 fully saturated rings. The summed E-state index contributed by atoms with van der Waals surface area (Å²) in [6, 6.07) is 0. The van der Waals surface area contributed by atoms with E-state index >= 15 is 0 Å². The van der Waals surface area contributed by atoms with Gasteiger partial charge in [0.05, 0.1) is 0 Å². The maximum Gasteiger partial charge on any atom is 0.232 e. The van der Waals surface area contributed by atoms with Crippen molar-refractivity contribution in [2.24, 2.45) is 5.92 Å². The van der Waals surface area contributed by atoms with Gasteiger partial charge in [-0.3, -0.25) is 14.5 Å². The van der Waals surface area contributed by atoms with Crippen molar-refractivity contribution in [2.75, 3.05) is 6.54 Å². The molecule has 86 valence electrons. The molecule has 1 unspecified atom stereocenters. The number of likely N-dealkylation sites (tertiary alicyclic amines) is 1. The molecule has 1 atom stereocenters. The number of rotatable bonds is 6. The summed E-state index contributed by atoms with van der Waals surface area (Å²) in [5, 5.41) is 0. The Labute approximate surface area is 91.8 Å². The molecule has 1 aliphatic heterocycles. The van der Waals surface area contributed by atoms with E-state index in [9.17, 15) is 9.59 Å². The molecule has 3 nitrogen and oxygen atoms in total. The molecular formula is C12H21NO2. The lowest BCUT2D eigenvalue weighted by Gasteiger charge is -2.11. The van der Waals surface area contributed by atoms with Crippen LogP contribution in [-0.4, -0.2) is 23.3 Å². The zero-order chi connectivity index (χ0) is 11.3.